The number of ether oxygens (including phenoxy) is 1. The van der Waals surface area contributed by atoms with Gasteiger partial charge >= 0.3 is 5.97 Å². The Morgan fingerprint density at radius 3 is 2.45 bits per heavy atom. The van der Waals surface area contributed by atoms with E-state index < -0.39 is 5.97 Å². The lowest BCUT2D eigenvalue weighted by atomic mass is 9.98. The van der Waals surface area contributed by atoms with E-state index in [0.29, 0.717) is 11.7 Å². The number of carboxylic acids is 1. The molecule has 4 nitrogen and oxygen atoms in total. The molecule has 0 unspecified atom stereocenters. The Morgan fingerprint density at radius 2 is 1.72 bits per heavy atom. The van der Waals surface area contributed by atoms with Gasteiger partial charge in [0, 0.05) is 16.5 Å². The second-order valence-corrected chi connectivity index (χ2v) is 7.45. The molecule has 0 spiro atoms. The zero-order valence-corrected chi connectivity index (χ0v) is 16.5. The standard InChI is InChI=1S/C25H23NO3/c1-16(2)17-11-12-23-21(14-17)22(15-24(27)28)25(26-23)18-7-6-10-20(13-18)29-19-8-4-3-5-9-19/h3-14,16,26H,15H2,1-2H3,(H,27,28). The predicted octanol–water partition coefficient (Wildman–Crippen LogP) is 6.38. The van der Waals surface area contributed by atoms with Crippen LogP contribution >= 0.6 is 0 Å². The highest BCUT2D eigenvalue weighted by Crippen LogP contribution is 2.34. The van der Waals surface area contributed by atoms with E-state index in [1.165, 1.54) is 5.56 Å². The van der Waals surface area contributed by atoms with Crippen LogP contribution in [0.15, 0.2) is 72.8 Å². The fraction of sp³-hybridized carbons (Fsp3) is 0.160. The highest BCUT2D eigenvalue weighted by molar-refractivity contribution is 5.94. The Hall–Kier alpha value is -3.53. The van der Waals surface area contributed by atoms with Crippen molar-refractivity contribution in [3.05, 3.63) is 83.9 Å². The Kier molecular flexibility index (Phi) is 5.09. The van der Waals surface area contributed by atoms with Crippen molar-refractivity contribution >= 4 is 16.9 Å². The van der Waals surface area contributed by atoms with Gasteiger partial charge in [-0.05, 0) is 53.4 Å². The van der Waals surface area contributed by atoms with Crippen molar-refractivity contribution in [3.8, 4) is 22.8 Å². The maximum atomic E-state index is 11.6. The molecular weight excluding hydrogens is 362 g/mol. The van der Waals surface area contributed by atoms with Crippen LogP contribution in [0.3, 0.4) is 0 Å². The van der Waals surface area contributed by atoms with Crippen molar-refractivity contribution in [2.45, 2.75) is 26.2 Å². The number of para-hydroxylation sites is 1. The van der Waals surface area contributed by atoms with Gasteiger partial charge in [0.25, 0.3) is 0 Å². The van der Waals surface area contributed by atoms with E-state index in [1.807, 2.05) is 60.7 Å². The largest absolute Gasteiger partial charge is 0.481 e. The van der Waals surface area contributed by atoms with Gasteiger partial charge in [-0.2, -0.15) is 0 Å². The molecule has 1 heterocycles. The summed E-state index contributed by atoms with van der Waals surface area (Å²) in [6, 6.07) is 23.5. The number of carbonyl (C=O) groups is 1. The number of aromatic amines is 1. The Bertz CT molecular complexity index is 1160. The summed E-state index contributed by atoms with van der Waals surface area (Å²) in [7, 11) is 0. The Morgan fingerprint density at radius 1 is 0.966 bits per heavy atom. The average Bonchev–Trinajstić information content (AvgIpc) is 3.06. The number of rotatable bonds is 6. The maximum absolute atomic E-state index is 11.6. The molecule has 0 radical (unpaired) electrons. The molecule has 0 aliphatic heterocycles. The van der Waals surface area contributed by atoms with E-state index in [1.54, 1.807) is 0 Å². The quantitative estimate of drug-likeness (QED) is 0.405. The minimum Gasteiger partial charge on any atom is -0.481 e. The van der Waals surface area contributed by atoms with Crippen molar-refractivity contribution in [2.24, 2.45) is 0 Å². The van der Waals surface area contributed by atoms with Gasteiger partial charge in [-0.15, -0.1) is 0 Å². The Balaban J connectivity index is 1.80. The highest BCUT2D eigenvalue weighted by atomic mass is 16.5. The number of nitrogens with one attached hydrogen (secondary N) is 1. The molecule has 0 saturated carbocycles. The number of aromatic nitrogens is 1. The van der Waals surface area contributed by atoms with E-state index in [9.17, 15) is 9.90 Å². The molecular formula is C25H23NO3. The van der Waals surface area contributed by atoms with Crippen LogP contribution in [0.25, 0.3) is 22.2 Å². The molecule has 0 aliphatic carbocycles. The minimum absolute atomic E-state index is 0.0410. The van der Waals surface area contributed by atoms with Gasteiger partial charge in [-0.25, -0.2) is 0 Å². The van der Waals surface area contributed by atoms with Crippen LogP contribution in [0.2, 0.25) is 0 Å². The van der Waals surface area contributed by atoms with E-state index in [0.717, 1.165) is 33.5 Å². The van der Waals surface area contributed by atoms with Crippen LogP contribution < -0.4 is 4.74 Å². The molecule has 0 amide bonds. The smallest absolute Gasteiger partial charge is 0.307 e. The fourth-order valence-corrected chi connectivity index (χ4v) is 3.55. The van der Waals surface area contributed by atoms with Crippen molar-refractivity contribution in [3.63, 3.8) is 0 Å². The predicted molar refractivity (Wildman–Crippen MR) is 116 cm³/mol. The van der Waals surface area contributed by atoms with Crippen LogP contribution in [0.1, 0.15) is 30.9 Å². The summed E-state index contributed by atoms with van der Waals surface area (Å²) in [6.45, 7) is 4.27. The molecule has 1 aromatic heterocycles. The summed E-state index contributed by atoms with van der Waals surface area (Å²) in [5.41, 5.74) is 4.65. The maximum Gasteiger partial charge on any atom is 0.307 e. The van der Waals surface area contributed by atoms with Crippen molar-refractivity contribution in [1.82, 2.24) is 4.98 Å². The molecule has 0 fully saturated rings. The molecule has 4 rings (SSSR count). The number of benzene rings is 3. The van der Waals surface area contributed by atoms with Crippen LogP contribution in [-0.2, 0) is 11.2 Å². The zero-order valence-electron chi connectivity index (χ0n) is 16.5. The molecule has 146 valence electrons. The summed E-state index contributed by atoms with van der Waals surface area (Å²) >= 11 is 0. The van der Waals surface area contributed by atoms with E-state index in [2.05, 4.69) is 31.0 Å². The molecule has 0 aliphatic rings. The van der Waals surface area contributed by atoms with E-state index in [-0.39, 0.29) is 6.42 Å². The number of hydrogen-bond donors (Lipinski definition) is 2. The number of hydrogen-bond acceptors (Lipinski definition) is 2. The first kappa shape index (κ1) is 18.8. The summed E-state index contributed by atoms with van der Waals surface area (Å²) in [5.74, 6) is 0.988. The minimum atomic E-state index is -0.848. The van der Waals surface area contributed by atoms with Crippen molar-refractivity contribution in [2.75, 3.05) is 0 Å². The second kappa shape index (κ2) is 7.84. The fourth-order valence-electron chi connectivity index (χ4n) is 3.55. The molecule has 29 heavy (non-hydrogen) atoms. The first-order valence-electron chi connectivity index (χ1n) is 9.71. The second-order valence-electron chi connectivity index (χ2n) is 7.45. The third-order valence-electron chi connectivity index (χ3n) is 5.03. The number of carboxylic acid groups (broad SMARTS) is 1. The van der Waals surface area contributed by atoms with Gasteiger partial charge in [0.15, 0.2) is 0 Å². The third kappa shape index (κ3) is 4.02. The van der Waals surface area contributed by atoms with Gasteiger partial charge < -0.3 is 14.8 Å². The SMILES string of the molecule is CC(C)c1ccc2[nH]c(-c3cccc(Oc4ccccc4)c3)c(CC(=O)O)c2c1. The molecule has 0 saturated heterocycles. The van der Waals surface area contributed by atoms with E-state index in [4.69, 9.17) is 4.74 Å². The van der Waals surface area contributed by atoms with Crippen LogP contribution in [0.5, 0.6) is 11.5 Å². The average molecular weight is 385 g/mol. The van der Waals surface area contributed by atoms with Crippen LogP contribution in [0.4, 0.5) is 0 Å². The van der Waals surface area contributed by atoms with Gasteiger partial charge in [0.2, 0.25) is 0 Å². The van der Waals surface area contributed by atoms with Gasteiger partial charge in [-0.1, -0.05) is 50.2 Å². The summed E-state index contributed by atoms with van der Waals surface area (Å²) in [6.07, 6.45) is -0.0410. The molecule has 4 aromatic rings. The number of fused-ring (bicyclic) bond motifs is 1. The number of aliphatic carboxylic acids is 1. The lowest BCUT2D eigenvalue weighted by Crippen LogP contribution is -2.01. The van der Waals surface area contributed by atoms with Gasteiger partial charge in [0.05, 0.1) is 12.1 Å². The first-order chi connectivity index (χ1) is 14.0. The monoisotopic (exact) mass is 385 g/mol. The van der Waals surface area contributed by atoms with Crippen molar-refractivity contribution in [1.29, 1.82) is 0 Å². The summed E-state index contributed by atoms with van der Waals surface area (Å²) in [5, 5.41) is 10.5. The normalized spacial score (nSPS) is 11.1. The van der Waals surface area contributed by atoms with Crippen LogP contribution in [-0.4, -0.2) is 16.1 Å². The number of H-pyrrole nitrogens is 1. The zero-order chi connectivity index (χ0) is 20.4. The highest BCUT2D eigenvalue weighted by Gasteiger charge is 2.17. The lowest BCUT2D eigenvalue weighted by Gasteiger charge is -2.08. The summed E-state index contributed by atoms with van der Waals surface area (Å²) < 4.78 is 5.96. The molecule has 3 aromatic carbocycles. The molecule has 0 atom stereocenters. The molecule has 0 bridgehead atoms. The van der Waals surface area contributed by atoms with Gasteiger partial charge in [0.1, 0.15) is 11.5 Å². The molecule has 4 heteroatoms. The third-order valence-corrected chi connectivity index (χ3v) is 5.03. The first-order valence-corrected chi connectivity index (χ1v) is 9.71. The van der Waals surface area contributed by atoms with E-state index >= 15 is 0 Å². The Labute approximate surface area is 169 Å². The van der Waals surface area contributed by atoms with Crippen LogP contribution in [0, 0.1) is 0 Å². The summed E-state index contributed by atoms with van der Waals surface area (Å²) in [4.78, 5) is 15.0. The van der Waals surface area contributed by atoms with Gasteiger partial charge in [-0.3, -0.25) is 4.79 Å². The lowest BCUT2D eigenvalue weighted by molar-refractivity contribution is -0.136. The van der Waals surface area contributed by atoms with Crippen molar-refractivity contribution < 1.29 is 14.6 Å². The molecule has 2 N–H and O–H groups in total. The topological polar surface area (TPSA) is 62.3 Å².